The van der Waals surface area contributed by atoms with E-state index in [-0.39, 0.29) is 18.9 Å². The van der Waals surface area contributed by atoms with Gasteiger partial charge in [-0.1, -0.05) is 0 Å². The van der Waals surface area contributed by atoms with E-state index in [9.17, 15) is 9.90 Å². The van der Waals surface area contributed by atoms with Gasteiger partial charge in [0.1, 0.15) is 0 Å². The van der Waals surface area contributed by atoms with Crippen LogP contribution in [0.1, 0.15) is 23.0 Å². The zero-order valence-electron chi connectivity index (χ0n) is 9.90. The monoisotopic (exact) mass is 243 g/mol. The Bertz CT molecular complexity index is 372. The zero-order chi connectivity index (χ0) is 12.9. The third kappa shape index (κ3) is 3.85. The highest BCUT2D eigenvalue weighted by Crippen LogP contribution is 2.11. The molecule has 0 aliphatic rings. The number of nitrogens with one attached hydrogen (secondary N) is 1. The Morgan fingerprint density at radius 1 is 1.65 bits per heavy atom. The lowest BCUT2D eigenvalue weighted by atomic mass is 10.1. The summed E-state index contributed by atoms with van der Waals surface area (Å²) >= 11 is 0. The van der Waals surface area contributed by atoms with E-state index in [1.165, 1.54) is 20.3 Å². The summed E-state index contributed by atoms with van der Waals surface area (Å²) in [6.07, 6.45) is 1.40. The summed E-state index contributed by atoms with van der Waals surface area (Å²) in [4.78, 5) is 11.3. The Morgan fingerprint density at radius 2 is 2.35 bits per heavy atom. The van der Waals surface area contributed by atoms with Crippen LogP contribution in [-0.2, 0) is 11.3 Å². The summed E-state index contributed by atoms with van der Waals surface area (Å²) in [6.45, 7) is 1.72. The number of aliphatic hydroxyl groups is 2. The van der Waals surface area contributed by atoms with Gasteiger partial charge in [-0.05, 0) is 13.0 Å². The minimum absolute atomic E-state index is 0.142. The first-order valence-electron chi connectivity index (χ1n) is 5.19. The Hall–Kier alpha value is -1.37. The van der Waals surface area contributed by atoms with E-state index in [1.54, 1.807) is 6.07 Å². The number of methoxy groups -OCH3 is 1. The molecular weight excluding hydrogens is 226 g/mol. The van der Waals surface area contributed by atoms with Crippen molar-refractivity contribution in [2.75, 3.05) is 20.3 Å². The van der Waals surface area contributed by atoms with Crippen molar-refractivity contribution in [3.05, 3.63) is 23.7 Å². The van der Waals surface area contributed by atoms with E-state index in [1.807, 2.05) is 0 Å². The highest BCUT2D eigenvalue weighted by molar-refractivity contribution is 5.87. The molecule has 1 heterocycles. The Morgan fingerprint density at radius 3 is 2.94 bits per heavy atom. The predicted octanol–water partition coefficient (Wildman–Crippen LogP) is -0.101. The Labute approximate surface area is 99.2 Å². The number of aliphatic hydroxyl groups excluding tert-OH is 1. The fourth-order valence-corrected chi connectivity index (χ4v) is 1.27. The molecule has 6 nitrogen and oxygen atoms in total. The molecule has 0 spiro atoms. The van der Waals surface area contributed by atoms with Crippen LogP contribution in [0.2, 0.25) is 0 Å². The van der Waals surface area contributed by atoms with Gasteiger partial charge in [0.25, 0.3) is 0 Å². The maximum absolute atomic E-state index is 11.3. The molecule has 0 aromatic carbocycles. The standard InChI is InChI=1S/C11H17NO5/c1-11(15,7-13)6-12-5-8-3-4-17-9(8)10(14)16-2/h3-4,12-13,15H,5-7H2,1-2H3. The van der Waals surface area contributed by atoms with Crippen LogP contribution in [0.3, 0.4) is 0 Å². The van der Waals surface area contributed by atoms with Crippen LogP contribution in [0.5, 0.6) is 0 Å². The van der Waals surface area contributed by atoms with Gasteiger partial charge < -0.3 is 24.7 Å². The molecule has 0 aliphatic heterocycles. The van der Waals surface area contributed by atoms with E-state index in [4.69, 9.17) is 9.52 Å². The van der Waals surface area contributed by atoms with Crippen molar-refractivity contribution >= 4 is 5.97 Å². The van der Waals surface area contributed by atoms with Gasteiger partial charge in [0.05, 0.1) is 25.6 Å². The number of carbonyl (C=O) groups is 1. The van der Waals surface area contributed by atoms with E-state index in [2.05, 4.69) is 10.1 Å². The molecule has 0 radical (unpaired) electrons. The fraction of sp³-hybridized carbons (Fsp3) is 0.545. The van der Waals surface area contributed by atoms with Gasteiger partial charge in [-0.3, -0.25) is 0 Å². The largest absolute Gasteiger partial charge is 0.463 e. The molecule has 1 atom stereocenters. The molecule has 0 aliphatic carbocycles. The molecule has 1 aromatic rings. The van der Waals surface area contributed by atoms with Crippen LogP contribution in [0.4, 0.5) is 0 Å². The molecule has 17 heavy (non-hydrogen) atoms. The summed E-state index contributed by atoms with van der Waals surface area (Å²) in [5.41, 5.74) is -0.541. The predicted molar refractivity (Wildman–Crippen MR) is 59.5 cm³/mol. The van der Waals surface area contributed by atoms with Crippen LogP contribution in [0.15, 0.2) is 16.7 Å². The third-order valence-corrected chi connectivity index (χ3v) is 2.28. The lowest BCUT2D eigenvalue weighted by molar-refractivity contribution is 0.00251. The highest BCUT2D eigenvalue weighted by Gasteiger charge is 2.20. The van der Waals surface area contributed by atoms with Gasteiger partial charge in [-0.15, -0.1) is 0 Å². The minimum Gasteiger partial charge on any atom is -0.463 e. The second-order valence-corrected chi connectivity index (χ2v) is 4.03. The summed E-state index contributed by atoms with van der Waals surface area (Å²) < 4.78 is 9.55. The topological polar surface area (TPSA) is 91.9 Å². The van der Waals surface area contributed by atoms with Crippen molar-refractivity contribution in [3.8, 4) is 0 Å². The van der Waals surface area contributed by atoms with Crippen LogP contribution in [0.25, 0.3) is 0 Å². The number of ether oxygens (including phenoxy) is 1. The maximum atomic E-state index is 11.3. The average Bonchev–Trinajstić information content (AvgIpc) is 2.76. The molecule has 0 bridgehead atoms. The highest BCUT2D eigenvalue weighted by atomic mass is 16.5. The van der Waals surface area contributed by atoms with Crippen molar-refractivity contribution < 1.29 is 24.2 Å². The van der Waals surface area contributed by atoms with E-state index in [0.29, 0.717) is 12.1 Å². The van der Waals surface area contributed by atoms with Gasteiger partial charge in [0.15, 0.2) is 0 Å². The number of rotatable bonds is 6. The van der Waals surface area contributed by atoms with Crippen molar-refractivity contribution in [2.45, 2.75) is 19.1 Å². The molecule has 0 fully saturated rings. The van der Waals surface area contributed by atoms with Crippen LogP contribution < -0.4 is 5.32 Å². The molecule has 6 heteroatoms. The van der Waals surface area contributed by atoms with Gasteiger partial charge in [-0.25, -0.2) is 4.79 Å². The maximum Gasteiger partial charge on any atom is 0.374 e. The molecule has 96 valence electrons. The van der Waals surface area contributed by atoms with Crippen LogP contribution >= 0.6 is 0 Å². The molecule has 0 saturated carbocycles. The normalized spacial score (nSPS) is 14.4. The van der Waals surface area contributed by atoms with E-state index >= 15 is 0 Å². The summed E-state index contributed by atoms with van der Waals surface area (Å²) in [5, 5.41) is 21.3. The van der Waals surface area contributed by atoms with Crippen molar-refractivity contribution in [3.63, 3.8) is 0 Å². The lowest BCUT2D eigenvalue weighted by Crippen LogP contribution is -2.40. The van der Waals surface area contributed by atoms with Crippen LogP contribution in [0, 0.1) is 0 Å². The Kier molecular flexibility index (Phi) is 4.68. The van der Waals surface area contributed by atoms with Crippen molar-refractivity contribution in [1.29, 1.82) is 0 Å². The number of hydrogen-bond donors (Lipinski definition) is 3. The first kappa shape index (κ1) is 13.7. The minimum atomic E-state index is -1.19. The van der Waals surface area contributed by atoms with E-state index < -0.39 is 11.6 Å². The molecule has 1 unspecified atom stereocenters. The van der Waals surface area contributed by atoms with Gasteiger partial charge in [0, 0.05) is 18.7 Å². The number of hydrogen-bond acceptors (Lipinski definition) is 6. The molecule has 1 rings (SSSR count). The summed E-state index contributed by atoms with van der Waals surface area (Å²) in [6, 6.07) is 1.65. The third-order valence-electron chi connectivity index (χ3n) is 2.28. The smallest absolute Gasteiger partial charge is 0.374 e. The average molecular weight is 243 g/mol. The molecular formula is C11H17NO5. The number of furan rings is 1. The molecule has 3 N–H and O–H groups in total. The van der Waals surface area contributed by atoms with Crippen LogP contribution in [-0.4, -0.2) is 42.0 Å². The molecule has 0 saturated heterocycles. The Balaban J connectivity index is 2.53. The van der Waals surface area contributed by atoms with Gasteiger partial charge >= 0.3 is 5.97 Å². The molecule has 1 aromatic heterocycles. The second kappa shape index (κ2) is 5.81. The molecule has 0 amide bonds. The first-order chi connectivity index (χ1) is 8.00. The fourth-order valence-electron chi connectivity index (χ4n) is 1.27. The SMILES string of the molecule is COC(=O)c1occc1CNCC(C)(O)CO. The van der Waals surface area contributed by atoms with Crippen molar-refractivity contribution in [2.24, 2.45) is 0 Å². The van der Waals surface area contributed by atoms with Crippen molar-refractivity contribution in [1.82, 2.24) is 5.32 Å². The number of carbonyl (C=O) groups excluding carboxylic acids is 1. The zero-order valence-corrected chi connectivity index (χ0v) is 9.90. The lowest BCUT2D eigenvalue weighted by Gasteiger charge is -2.20. The summed E-state index contributed by atoms with van der Waals surface area (Å²) in [7, 11) is 1.28. The van der Waals surface area contributed by atoms with Gasteiger partial charge in [0.2, 0.25) is 5.76 Å². The number of esters is 1. The first-order valence-corrected chi connectivity index (χ1v) is 5.19. The summed E-state index contributed by atoms with van der Waals surface area (Å²) in [5.74, 6) is -0.399. The van der Waals surface area contributed by atoms with Gasteiger partial charge in [-0.2, -0.15) is 0 Å². The van der Waals surface area contributed by atoms with E-state index in [0.717, 1.165) is 0 Å². The quantitative estimate of drug-likeness (QED) is 0.604. The second-order valence-electron chi connectivity index (χ2n) is 4.03.